The number of unbranched alkanes of at least 4 members (excludes halogenated alkanes) is 1. The summed E-state index contributed by atoms with van der Waals surface area (Å²) in [7, 11) is 0. The van der Waals surface area contributed by atoms with Gasteiger partial charge in [-0.2, -0.15) is 0 Å². The van der Waals surface area contributed by atoms with Gasteiger partial charge in [0.2, 0.25) is 0 Å². The highest BCUT2D eigenvalue weighted by molar-refractivity contribution is 5.81. The van der Waals surface area contributed by atoms with E-state index in [1.54, 1.807) is 0 Å². The van der Waals surface area contributed by atoms with Crippen LogP contribution in [0.15, 0.2) is 12.7 Å². The molecule has 2 unspecified atom stereocenters. The van der Waals surface area contributed by atoms with Gasteiger partial charge in [0, 0.05) is 18.9 Å². The second-order valence-corrected chi connectivity index (χ2v) is 3.89. The van der Waals surface area contributed by atoms with Crippen LogP contribution in [0.1, 0.15) is 26.2 Å². The van der Waals surface area contributed by atoms with Crippen LogP contribution in [0.4, 0.5) is 0 Å². The van der Waals surface area contributed by atoms with Gasteiger partial charge < -0.3 is 5.32 Å². The van der Waals surface area contributed by atoms with E-state index < -0.39 is 0 Å². The number of hydrogen-bond acceptors (Lipinski definition) is 2. The van der Waals surface area contributed by atoms with Crippen molar-refractivity contribution in [3.05, 3.63) is 12.7 Å². The van der Waals surface area contributed by atoms with E-state index in [0.29, 0.717) is 11.7 Å². The number of rotatable bonds is 5. The molecule has 1 aliphatic heterocycles. The molecule has 1 rings (SSSR count). The molecule has 1 aliphatic rings. The summed E-state index contributed by atoms with van der Waals surface area (Å²) in [5.41, 5.74) is 0. The van der Waals surface area contributed by atoms with Gasteiger partial charge in [-0.15, -0.1) is 6.58 Å². The maximum absolute atomic E-state index is 11.7. The van der Waals surface area contributed by atoms with Gasteiger partial charge >= 0.3 is 0 Å². The highest BCUT2D eigenvalue weighted by atomic mass is 16.1. The third kappa shape index (κ3) is 2.96. The Hall–Kier alpha value is -0.630. The average molecular weight is 181 g/mol. The van der Waals surface area contributed by atoms with Gasteiger partial charge in [0.1, 0.15) is 5.78 Å². The largest absolute Gasteiger partial charge is 0.316 e. The minimum Gasteiger partial charge on any atom is -0.316 e. The van der Waals surface area contributed by atoms with Gasteiger partial charge in [-0.25, -0.2) is 0 Å². The molecule has 0 aromatic carbocycles. The van der Waals surface area contributed by atoms with E-state index in [1.165, 1.54) is 0 Å². The first-order valence-electron chi connectivity index (χ1n) is 5.10. The van der Waals surface area contributed by atoms with Crippen molar-refractivity contribution in [2.75, 3.05) is 13.1 Å². The van der Waals surface area contributed by atoms with Crippen molar-refractivity contribution >= 4 is 5.78 Å². The molecule has 0 bridgehead atoms. The Balaban J connectivity index is 2.26. The molecular weight excluding hydrogens is 162 g/mol. The van der Waals surface area contributed by atoms with Crippen LogP contribution in [-0.2, 0) is 4.79 Å². The zero-order valence-corrected chi connectivity index (χ0v) is 8.38. The highest BCUT2D eigenvalue weighted by Crippen LogP contribution is 2.19. The van der Waals surface area contributed by atoms with Crippen molar-refractivity contribution in [2.24, 2.45) is 11.8 Å². The lowest BCUT2D eigenvalue weighted by Crippen LogP contribution is -2.20. The SMILES string of the molecule is C=CCCCC(=O)C1CNCC1C. The lowest BCUT2D eigenvalue weighted by atomic mass is 9.91. The van der Waals surface area contributed by atoms with Crippen LogP contribution in [0.2, 0.25) is 0 Å². The number of ketones is 1. The summed E-state index contributed by atoms with van der Waals surface area (Å²) in [6, 6.07) is 0. The van der Waals surface area contributed by atoms with Crippen molar-refractivity contribution in [3.8, 4) is 0 Å². The van der Waals surface area contributed by atoms with E-state index in [1.807, 2.05) is 6.08 Å². The number of hydrogen-bond donors (Lipinski definition) is 1. The molecule has 0 aromatic heterocycles. The van der Waals surface area contributed by atoms with Crippen LogP contribution < -0.4 is 5.32 Å². The fraction of sp³-hybridized carbons (Fsp3) is 0.727. The molecule has 0 aromatic rings. The summed E-state index contributed by atoms with van der Waals surface area (Å²) in [6.45, 7) is 7.68. The fourth-order valence-corrected chi connectivity index (χ4v) is 1.85. The van der Waals surface area contributed by atoms with E-state index in [9.17, 15) is 4.79 Å². The Kier molecular flexibility index (Phi) is 4.16. The third-order valence-electron chi connectivity index (χ3n) is 2.76. The van der Waals surface area contributed by atoms with Gasteiger partial charge in [-0.3, -0.25) is 4.79 Å². The van der Waals surface area contributed by atoms with Crippen LogP contribution in [0.3, 0.4) is 0 Å². The lowest BCUT2D eigenvalue weighted by molar-refractivity contribution is -0.123. The molecule has 1 fully saturated rings. The lowest BCUT2D eigenvalue weighted by Gasteiger charge is -2.11. The third-order valence-corrected chi connectivity index (χ3v) is 2.76. The van der Waals surface area contributed by atoms with Crippen LogP contribution in [-0.4, -0.2) is 18.9 Å². The predicted octanol–water partition coefficient (Wildman–Crippen LogP) is 1.77. The number of nitrogens with one attached hydrogen (secondary N) is 1. The number of carbonyl (C=O) groups is 1. The Labute approximate surface area is 80.4 Å². The zero-order chi connectivity index (χ0) is 9.68. The summed E-state index contributed by atoms with van der Waals surface area (Å²) in [5, 5.41) is 3.25. The smallest absolute Gasteiger partial charge is 0.137 e. The summed E-state index contributed by atoms with van der Waals surface area (Å²) >= 11 is 0. The first-order valence-corrected chi connectivity index (χ1v) is 5.10. The van der Waals surface area contributed by atoms with E-state index in [2.05, 4.69) is 18.8 Å². The van der Waals surface area contributed by atoms with E-state index in [-0.39, 0.29) is 5.92 Å². The van der Waals surface area contributed by atoms with E-state index in [0.717, 1.165) is 32.4 Å². The molecule has 74 valence electrons. The van der Waals surface area contributed by atoms with Crippen LogP contribution in [0, 0.1) is 11.8 Å². The monoisotopic (exact) mass is 181 g/mol. The molecule has 1 saturated heterocycles. The Morgan fingerprint density at radius 2 is 2.38 bits per heavy atom. The van der Waals surface area contributed by atoms with Crippen molar-refractivity contribution in [2.45, 2.75) is 26.2 Å². The Morgan fingerprint density at radius 3 is 2.92 bits per heavy atom. The summed E-state index contributed by atoms with van der Waals surface area (Å²) in [4.78, 5) is 11.7. The Morgan fingerprint density at radius 1 is 1.62 bits per heavy atom. The summed E-state index contributed by atoms with van der Waals surface area (Å²) in [5.74, 6) is 1.22. The second kappa shape index (κ2) is 5.18. The molecule has 2 heteroatoms. The van der Waals surface area contributed by atoms with E-state index in [4.69, 9.17) is 0 Å². The van der Waals surface area contributed by atoms with Crippen molar-refractivity contribution in [1.82, 2.24) is 5.32 Å². The van der Waals surface area contributed by atoms with Gasteiger partial charge in [-0.05, 0) is 25.3 Å². The van der Waals surface area contributed by atoms with Gasteiger partial charge in [-0.1, -0.05) is 13.0 Å². The van der Waals surface area contributed by atoms with Crippen LogP contribution >= 0.6 is 0 Å². The second-order valence-electron chi connectivity index (χ2n) is 3.89. The quantitative estimate of drug-likeness (QED) is 0.517. The molecule has 2 nitrogen and oxygen atoms in total. The topological polar surface area (TPSA) is 29.1 Å². The summed E-state index contributed by atoms with van der Waals surface area (Å²) in [6.07, 6.45) is 4.53. The standard InChI is InChI=1S/C11H19NO/c1-3-4-5-6-11(13)10-8-12-7-9(10)2/h3,9-10,12H,1,4-8H2,2H3. The number of Topliss-reactive ketones (excluding diaryl/α,β-unsaturated/α-hetero) is 1. The van der Waals surface area contributed by atoms with Crippen LogP contribution in [0.25, 0.3) is 0 Å². The molecule has 1 heterocycles. The molecule has 0 aliphatic carbocycles. The molecule has 0 spiro atoms. The van der Waals surface area contributed by atoms with E-state index >= 15 is 0 Å². The Bertz CT molecular complexity index is 189. The minimum absolute atomic E-state index is 0.268. The zero-order valence-electron chi connectivity index (χ0n) is 8.38. The van der Waals surface area contributed by atoms with Gasteiger partial charge in [0.05, 0.1) is 0 Å². The maximum atomic E-state index is 11.7. The first kappa shape index (κ1) is 10.5. The molecule has 13 heavy (non-hydrogen) atoms. The first-order chi connectivity index (χ1) is 6.25. The molecule has 0 amide bonds. The molecular formula is C11H19NO. The molecule has 0 radical (unpaired) electrons. The number of carbonyl (C=O) groups excluding carboxylic acids is 1. The maximum Gasteiger partial charge on any atom is 0.137 e. The van der Waals surface area contributed by atoms with Crippen molar-refractivity contribution in [1.29, 1.82) is 0 Å². The van der Waals surface area contributed by atoms with Crippen LogP contribution in [0.5, 0.6) is 0 Å². The minimum atomic E-state index is 0.268. The molecule has 0 saturated carbocycles. The molecule has 2 atom stereocenters. The predicted molar refractivity (Wildman–Crippen MR) is 54.6 cm³/mol. The van der Waals surface area contributed by atoms with Crippen molar-refractivity contribution < 1.29 is 4.79 Å². The van der Waals surface area contributed by atoms with Crippen molar-refractivity contribution in [3.63, 3.8) is 0 Å². The van der Waals surface area contributed by atoms with Gasteiger partial charge in [0.15, 0.2) is 0 Å². The normalized spacial score (nSPS) is 27.5. The number of allylic oxidation sites excluding steroid dienone is 1. The average Bonchev–Trinajstić information content (AvgIpc) is 2.52. The fourth-order valence-electron chi connectivity index (χ4n) is 1.85. The molecule has 1 N–H and O–H groups in total. The van der Waals surface area contributed by atoms with Gasteiger partial charge in [0.25, 0.3) is 0 Å². The summed E-state index contributed by atoms with van der Waals surface area (Å²) < 4.78 is 0. The highest BCUT2D eigenvalue weighted by Gasteiger charge is 2.28.